The van der Waals surface area contributed by atoms with Crippen molar-refractivity contribution in [1.82, 2.24) is 5.16 Å². The Kier molecular flexibility index (Phi) is 4.25. The summed E-state index contributed by atoms with van der Waals surface area (Å²) in [5.41, 5.74) is 5.31. The summed E-state index contributed by atoms with van der Waals surface area (Å²) in [4.78, 5) is 0. The third-order valence-corrected chi connectivity index (χ3v) is 3.95. The summed E-state index contributed by atoms with van der Waals surface area (Å²) >= 11 is 0. The highest BCUT2D eigenvalue weighted by Crippen LogP contribution is 2.44. The van der Waals surface area contributed by atoms with E-state index in [1.807, 2.05) is 6.92 Å². The molecule has 0 bridgehead atoms. The molecule has 0 spiro atoms. The first-order chi connectivity index (χ1) is 9.13. The fourth-order valence-electron chi connectivity index (χ4n) is 2.38. The predicted octanol–water partition coefficient (Wildman–Crippen LogP) is 4.19. The van der Waals surface area contributed by atoms with Crippen molar-refractivity contribution in [3.8, 4) is 0 Å². The first-order valence-corrected chi connectivity index (χ1v) is 7.06. The second-order valence-electron chi connectivity index (χ2n) is 5.29. The van der Waals surface area contributed by atoms with Gasteiger partial charge in [0.2, 0.25) is 0 Å². The largest absolute Gasteiger partial charge is 0.391 e. The van der Waals surface area contributed by atoms with E-state index in [1.54, 1.807) is 0 Å². The zero-order chi connectivity index (χ0) is 14.0. The Morgan fingerprint density at radius 1 is 1.42 bits per heavy atom. The maximum Gasteiger partial charge on any atom is 0.145 e. The molecule has 1 aliphatic carbocycles. The first kappa shape index (κ1) is 14.1. The summed E-state index contributed by atoms with van der Waals surface area (Å²) in [5, 5.41) is 13.9. The van der Waals surface area contributed by atoms with Crippen molar-refractivity contribution in [3.63, 3.8) is 0 Å². The van der Waals surface area contributed by atoms with Crippen LogP contribution in [0, 0.1) is 0 Å². The number of rotatable bonds is 5. The van der Waals surface area contributed by atoms with Crippen LogP contribution in [0.5, 0.6) is 0 Å². The van der Waals surface area contributed by atoms with E-state index in [9.17, 15) is 5.11 Å². The molecule has 0 aromatic carbocycles. The average Bonchev–Trinajstić information content (AvgIpc) is 3.19. The highest BCUT2D eigenvalue weighted by Gasteiger charge is 2.32. The standard InChI is InChI=1S/C16H23NO2/c1-5-10(3)14(11(4)6-2)15-13(9-18)16(19-17-15)12-7-8-12/h5,12,18H,6-9H2,1-4H3/b10-5-,14-11+. The lowest BCUT2D eigenvalue weighted by Crippen LogP contribution is -1.98. The Balaban J connectivity index is 2.54. The van der Waals surface area contributed by atoms with Crippen LogP contribution in [0.3, 0.4) is 0 Å². The van der Waals surface area contributed by atoms with E-state index in [2.05, 4.69) is 32.0 Å². The number of hydrogen-bond acceptors (Lipinski definition) is 3. The van der Waals surface area contributed by atoms with E-state index in [0.29, 0.717) is 5.92 Å². The second-order valence-corrected chi connectivity index (χ2v) is 5.29. The van der Waals surface area contributed by atoms with Gasteiger partial charge < -0.3 is 9.63 Å². The van der Waals surface area contributed by atoms with Gasteiger partial charge >= 0.3 is 0 Å². The van der Waals surface area contributed by atoms with Crippen LogP contribution in [0.1, 0.15) is 69.9 Å². The van der Waals surface area contributed by atoms with Gasteiger partial charge in [0.25, 0.3) is 0 Å². The number of hydrogen-bond donors (Lipinski definition) is 1. The summed E-state index contributed by atoms with van der Waals surface area (Å²) in [5.74, 6) is 1.36. The minimum atomic E-state index is 0.00214. The van der Waals surface area contributed by atoms with Crippen molar-refractivity contribution < 1.29 is 9.63 Å². The lowest BCUT2D eigenvalue weighted by Gasteiger charge is -2.11. The number of allylic oxidation sites excluding steroid dienone is 4. The van der Waals surface area contributed by atoms with E-state index in [-0.39, 0.29) is 6.61 Å². The van der Waals surface area contributed by atoms with Crippen LogP contribution >= 0.6 is 0 Å². The van der Waals surface area contributed by atoms with E-state index in [0.717, 1.165) is 41.9 Å². The molecule has 0 aliphatic heterocycles. The topological polar surface area (TPSA) is 46.3 Å². The van der Waals surface area contributed by atoms with Gasteiger partial charge in [-0.05, 0) is 45.6 Å². The van der Waals surface area contributed by atoms with Gasteiger partial charge in [-0.15, -0.1) is 0 Å². The molecule has 0 unspecified atom stereocenters. The number of aliphatic hydroxyl groups excluding tert-OH is 1. The smallest absolute Gasteiger partial charge is 0.145 e. The van der Waals surface area contributed by atoms with E-state index in [4.69, 9.17) is 4.52 Å². The number of aromatic nitrogens is 1. The highest BCUT2D eigenvalue weighted by molar-refractivity contribution is 5.80. The van der Waals surface area contributed by atoms with Crippen molar-refractivity contribution in [3.05, 3.63) is 34.2 Å². The molecule has 1 aliphatic rings. The molecule has 2 rings (SSSR count). The van der Waals surface area contributed by atoms with Crippen molar-refractivity contribution in [2.75, 3.05) is 0 Å². The summed E-state index contributed by atoms with van der Waals surface area (Å²) in [7, 11) is 0. The molecule has 1 aromatic rings. The summed E-state index contributed by atoms with van der Waals surface area (Å²) < 4.78 is 5.51. The molecular formula is C16H23NO2. The first-order valence-electron chi connectivity index (χ1n) is 7.06. The Morgan fingerprint density at radius 3 is 2.58 bits per heavy atom. The van der Waals surface area contributed by atoms with Crippen LogP contribution in [0.2, 0.25) is 0 Å². The van der Waals surface area contributed by atoms with E-state index < -0.39 is 0 Å². The van der Waals surface area contributed by atoms with E-state index >= 15 is 0 Å². The fraction of sp³-hybridized carbons (Fsp3) is 0.562. The monoisotopic (exact) mass is 261 g/mol. The maximum atomic E-state index is 9.68. The maximum absolute atomic E-state index is 9.68. The van der Waals surface area contributed by atoms with Gasteiger partial charge in [0.05, 0.1) is 6.61 Å². The van der Waals surface area contributed by atoms with Gasteiger partial charge in [0, 0.05) is 17.1 Å². The molecular weight excluding hydrogens is 238 g/mol. The van der Waals surface area contributed by atoms with Gasteiger partial charge in [0.1, 0.15) is 11.5 Å². The van der Waals surface area contributed by atoms with Crippen molar-refractivity contribution in [2.45, 2.75) is 59.5 Å². The van der Waals surface area contributed by atoms with Gasteiger partial charge in [-0.2, -0.15) is 0 Å². The predicted molar refractivity (Wildman–Crippen MR) is 76.7 cm³/mol. The molecule has 3 nitrogen and oxygen atoms in total. The Bertz CT molecular complexity index is 519. The molecule has 3 heteroatoms. The lowest BCUT2D eigenvalue weighted by atomic mass is 9.94. The quantitative estimate of drug-likeness (QED) is 0.808. The highest BCUT2D eigenvalue weighted by atomic mass is 16.5. The number of aliphatic hydroxyl groups is 1. The zero-order valence-electron chi connectivity index (χ0n) is 12.3. The Hall–Kier alpha value is -1.35. The molecule has 1 heterocycles. The zero-order valence-corrected chi connectivity index (χ0v) is 12.3. The van der Waals surface area contributed by atoms with Gasteiger partial charge in [-0.1, -0.05) is 23.7 Å². The molecule has 1 aromatic heterocycles. The summed E-state index contributed by atoms with van der Waals surface area (Å²) in [6.45, 7) is 8.37. The van der Waals surface area contributed by atoms with Crippen LogP contribution in [-0.4, -0.2) is 10.3 Å². The molecule has 0 saturated heterocycles. The summed E-state index contributed by atoms with van der Waals surface area (Å²) in [6.07, 6.45) is 5.35. The Labute approximate surface area is 115 Å². The molecule has 104 valence electrons. The molecule has 1 saturated carbocycles. The minimum absolute atomic E-state index is 0.00214. The third kappa shape index (κ3) is 2.66. The Morgan fingerprint density at radius 2 is 2.11 bits per heavy atom. The van der Waals surface area contributed by atoms with Crippen LogP contribution < -0.4 is 0 Å². The van der Waals surface area contributed by atoms with E-state index in [1.165, 1.54) is 11.1 Å². The van der Waals surface area contributed by atoms with Gasteiger partial charge in [-0.3, -0.25) is 0 Å². The van der Waals surface area contributed by atoms with Crippen molar-refractivity contribution in [1.29, 1.82) is 0 Å². The normalized spacial score (nSPS) is 17.6. The molecule has 1 N–H and O–H groups in total. The molecule has 0 radical (unpaired) electrons. The van der Waals surface area contributed by atoms with Gasteiger partial charge in [0.15, 0.2) is 0 Å². The van der Waals surface area contributed by atoms with Crippen molar-refractivity contribution >= 4 is 5.57 Å². The average molecular weight is 261 g/mol. The molecule has 0 atom stereocenters. The molecule has 19 heavy (non-hydrogen) atoms. The van der Waals surface area contributed by atoms with Crippen LogP contribution in [0.4, 0.5) is 0 Å². The molecule has 0 amide bonds. The van der Waals surface area contributed by atoms with Crippen molar-refractivity contribution in [2.24, 2.45) is 0 Å². The van der Waals surface area contributed by atoms with Crippen LogP contribution in [-0.2, 0) is 6.61 Å². The fourth-order valence-corrected chi connectivity index (χ4v) is 2.38. The van der Waals surface area contributed by atoms with Crippen LogP contribution in [0.25, 0.3) is 5.57 Å². The third-order valence-electron chi connectivity index (χ3n) is 3.95. The summed E-state index contributed by atoms with van der Waals surface area (Å²) in [6, 6.07) is 0. The van der Waals surface area contributed by atoms with Gasteiger partial charge in [-0.25, -0.2) is 0 Å². The minimum Gasteiger partial charge on any atom is -0.391 e. The lowest BCUT2D eigenvalue weighted by molar-refractivity contribution is 0.277. The second kappa shape index (κ2) is 5.74. The SMILES string of the molecule is C/C=C(C)\C(=C(\C)CC)c1noc(C2CC2)c1CO. The van der Waals surface area contributed by atoms with Crippen LogP contribution in [0.15, 0.2) is 21.7 Å². The molecule has 1 fully saturated rings. The number of nitrogens with zero attached hydrogens (tertiary/aromatic N) is 1.